The normalized spacial score (nSPS) is 15.4. The van der Waals surface area contributed by atoms with Crippen molar-refractivity contribution < 1.29 is 4.79 Å². The summed E-state index contributed by atoms with van der Waals surface area (Å²) < 4.78 is 0. The Kier molecular flexibility index (Phi) is 3.78. The monoisotopic (exact) mass is 320 g/mol. The van der Waals surface area contributed by atoms with E-state index in [1.54, 1.807) is 16.2 Å². The fourth-order valence-corrected chi connectivity index (χ4v) is 4.20. The van der Waals surface area contributed by atoms with E-state index >= 15 is 0 Å². The highest BCUT2D eigenvalue weighted by atomic mass is 35.5. The van der Waals surface area contributed by atoms with Crippen LogP contribution in [0.25, 0.3) is 0 Å². The number of likely N-dealkylation sites (N-methyl/N-ethyl adjacent to an activating group) is 1. The maximum atomic E-state index is 11.8. The summed E-state index contributed by atoms with van der Waals surface area (Å²) in [6.45, 7) is 2.02. The molecule has 2 heterocycles. The number of rotatable bonds is 3. The second-order valence-corrected chi connectivity index (χ2v) is 6.63. The third-order valence-corrected chi connectivity index (χ3v) is 5.77. The summed E-state index contributed by atoms with van der Waals surface area (Å²) in [5.74, 6) is 0.146. The van der Waals surface area contributed by atoms with Crippen LogP contribution in [0.2, 0.25) is 5.02 Å². The molecule has 110 valence electrons. The predicted octanol–water partition coefficient (Wildman–Crippen LogP) is 3.54. The SMILES string of the molecule is CNC(c1ccc2c(c1)CC(=O)N2C)c1scc(C)c1Cl. The number of carbonyl (C=O) groups is 1. The van der Waals surface area contributed by atoms with Gasteiger partial charge in [0.2, 0.25) is 5.91 Å². The summed E-state index contributed by atoms with van der Waals surface area (Å²) in [5, 5.41) is 6.23. The van der Waals surface area contributed by atoms with E-state index in [1.807, 2.05) is 27.1 Å². The molecule has 0 bridgehead atoms. The van der Waals surface area contributed by atoms with Crippen LogP contribution >= 0.6 is 22.9 Å². The molecule has 1 aromatic carbocycles. The van der Waals surface area contributed by atoms with Gasteiger partial charge in [0.1, 0.15) is 0 Å². The van der Waals surface area contributed by atoms with E-state index in [0.29, 0.717) is 6.42 Å². The Hall–Kier alpha value is -1.36. The first-order valence-electron chi connectivity index (χ1n) is 6.83. The Balaban J connectivity index is 2.02. The number of nitrogens with one attached hydrogen (secondary N) is 1. The van der Waals surface area contributed by atoms with Gasteiger partial charge in [-0.1, -0.05) is 23.7 Å². The van der Waals surface area contributed by atoms with Gasteiger partial charge in [0.15, 0.2) is 0 Å². The highest BCUT2D eigenvalue weighted by molar-refractivity contribution is 7.10. The third-order valence-electron chi connectivity index (χ3n) is 3.99. The summed E-state index contributed by atoms with van der Waals surface area (Å²) >= 11 is 8.07. The van der Waals surface area contributed by atoms with E-state index in [4.69, 9.17) is 11.6 Å². The van der Waals surface area contributed by atoms with Crippen LogP contribution in [0.3, 0.4) is 0 Å². The molecule has 1 aromatic heterocycles. The molecule has 1 amide bonds. The number of anilines is 1. The van der Waals surface area contributed by atoms with Crippen LogP contribution in [0.15, 0.2) is 23.6 Å². The minimum absolute atomic E-state index is 0.0579. The van der Waals surface area contributed by atoms with E-state index in [2.05, 4.69) is 22.8 Å². The van der Waals surface area contributed by atoms with E-state index in [1.165, 1.54) is 0 Å². The average molecular weight is 321 g/mol. The minimum atomic E-state index is 0.0579. The fraction of sp³-hybridized carbons (Fsp3) is 0.312. The van der Waals surface area contributed by atoms with Crippen molar-refractivity contribution in [1.29, 1.82) is 0 Å². The lowest BCUT2D eigenvalue weighted by Gasteiger charge is -2.18. The van der Waals surface area contributed by atoms with Crippen LogP contribution in [0, 0.1) is 6.92 Å². The lowest BCUT2D eigenvalue weighted by Crippen LogP contribution is -2.20. The number of fused-ring (bicyclic) bond motifs is 1. The van der Waals surface area contributed by atoms with Gasteiger partial charge in [-0.25, -0.2) is 0 Å². The van der Waals surface area contributed by atoms with Crippen molar-refractivity contribution in [1.82, 2.24) is 5.32 Å². The molecule has 1 aliphatic heterocycles. The van der Waals surface area contributed by atoms with E-state index < -0.39 is 0 Å². The fourth-order valence-electron chi connectivity index (χ4n) is 2.76. The zero-order valence-electron chi connectivity index (χ0n) is 12.2. The molecule has 3 nitrogen and oxygen atoms in total. The van der Waals surface area contributed by atoms with Crippen molar-refractivity contribution in [3.8, 4) is 0 Å². The summed E-state index contributed by atoms with van der Waals surface area (Å²) in [7, 11) is 3.75. The largest absolute Gasteiger partial charge is 0.315 e. The number of thiophene rings is 1. The Morgan fingerprint density at radius 2 is 2.19 bits per heavy atom. The Morgan fingerprint density at radius 3 is 2.81 bits per heavy atom. The number of hydrogen-bond donors (Lipinski definition) is 1. The molecule has 0 aliphatic carbocycles. The number of nitrogens with zero attached hydrogens (tertiary/aromatic N) is 1. The van der Waals surface area contributed by atoms with Gasteiger partial charge in [0.05, 0.1) is 17.5 Å². The molecule has 5 heteroatoms. The van der Waals surface area contributed by atoms with E-state index in [0.717, 1.165) is 32.3 Å². The molecule has 1 aliphatic rings. The average Bonchev–Trinajstić information content (AvgIpc) is 2.94. The zero-order chi connectivity index (χ0) is 15.1. The van der Waals surface area contributed by atoms with Crippen LogP contribution in [0.5, 0.6) is 0 Å². The van der Waals surface area contributed by atoms with Gasteiger partial charge < -0.3 is 10.2 Å². The molecule has 3 rings (SSSR count). The highest BCUT2D eigenvalue weighted by Gasteiger charge is 2.26. The molecule has 1 N–H and O–H groups in total. The van der Waals surface area contributed by atoms with Crippen molar-refractivity contribution in [3.05, 3.63) is 50.2 Å². The van der Waals surface area contributed by atoms with Crippen molar-refractivity contribution in [3.63, 3.8) is 0 Å². The first kappa shape index (κ1) is 14.6. The minimum Gasteiger partial charge on any atom is -0.315 e. The van der Waals surface area contributed by atoms with Gasteiger partial charge in [-0.05, 0) is 42.1 Å². The second-order valence-electron chi connectivity index (χ2n) is 5.34. The van der Waals surface area contributed by atoms with Crippen molar-refractivity contribution in [2.45, 2.75) is 19.4 Å². The summed E-state index contributed by atoms with van der Waals surface area (Å²) in [4.78, 5) is 14.6. The van der Waals surface area contributed by atoms with Crippen molar-refractivity contribution in [2.24, 2.45) is 0 Å². The lowest BCUT2D eigenvalue weighted by molar-refractivity contribution is -0.117. The topological polar surface area (TPSA) is 32.3 Å². The van der Waals surface area contributed by atoms with Gasteiger partial charge in [-0.15, -0.1) is 11.3 Å². The summed E-state index contributed by atoms with van der Waals surface area (Å²) in [6.07, 6.45) is 0.479. The predicted molar refractivity (Wildman–Crippen MR) is 88.5 cm³/mol. The Labute approximate surface area is 133 Å². The molecule has 21 heavy (non-hydrogen) atoms. The van der Waals surface area contributed by atoms with Crippen LogP contribution < -0.4 is 10.2 Å². The molecular formula is C16H17ClN2OS. The molecule has 1 unspecified atom stereocenters. The van der Waals surface area contributed by atoms with Gasteiger partial charge in [-0.2, -0.15) is 0 Å². The van der Waals surface area contributed by atoms with Crippen LogP contribution in [-0.4, -0.2) is 20.0 Å². The summed E-state index contributed by atoms with van der Waals surface area (Å²) in [6, 6.07) is 6.26. The molecule has 1 atom stereocenters. The Morgan fingerprint density at radius 1 is 1.43 bits per heavy atom. The number of aryl methyl sites for hydroxylation is 1. The number of halogens is 1. The van der Waals surface area contributed by atoms with Crippen LogP contribution in [0.1, 0.15) is 27.6 Å². The quantitative estimate of drug-likeness (QED) is 0.938. The standard InChI is InChI=1S/C16H17ClN2OS/c1-9-8-21-16(14(9)17)15(18-2)10-4-5-12-11(6-10)7-13(20)19(12)3/h4-6,8,15,18H,7H2,1-3H3. The molecule has 0 fully saturated rings. The lowest BCUT2D eigenvalue weighted by atomic mass is 10.0. The van der Waals surface area contributed by atoms with Gasteiger partial charge in [-0.3, -0.25) is 4.79 Å². The van der Waals surface area contributed by atoms with Gasteiger partial charge >= 0.3 is 0 Å². The smallest absolute Gasteiger partial charge is 0.231 e. The first-order valence-corrected chi connectivity index (χ1v) is 8.08. The highest BCUT2D eigenvalue weighted by Crippen LogP contribution is 2.37. The van der Waals surface area contributed by atoms with E-state index in [9.17, 15) is 4.79 Å². The second kappa shape index (κ2) is 5.44. The maximum Gasteiger partial charge on any atom is 0.231 e. The Bertz CT molecular complexity index is 710. The molecule has 0 radical (unpaired) electrons. The maximum absolute atomic E-state index is 11.8. The van der Waals surface area contributed by atoms with E-state index in [-0.39, 0.29) is 11.9 Å². The van der Waals surface area contributed by atoms with Gasteiger partial charge in [0, 0.05) is 17.6 Å². The van der Waals surface area contributed by atoms with Crippen molar-refractivity contribution in [2.75, 3.05) is 19.0 Å². The third kappa shape index (κ3) is 2.37. The van der Waals surface area contributed by atoms with Crippen LogP contribution in [0.4, 0.5) is 5.69 Å². The van der Waals surface area contributed by atoms with Crippen molar-refractivity contribution >= 4 is 34.5 Å². The van der Waals surface area contributed by atoms with Gasteiger partial charge in [0.25, 0.3) is 0 Å². The molecule has 2 aromatic rings. The number of hydrogen-bond acceptors (Lipinski definition) is 3. The zero-order valence-corrected chi connectivity index (χ0v) is 13.8. The molecular weight excluding hydrogens is 304 g/mol. The number of benzene rings is 1. The number of carbonyl (C=O) groups excluding carboxylic acids is 1. The molecule has 0 spiro atoms. The summed E-state index contributed by atoms with van der Waals surface area (Å²) in [5.41, 5.74) is 4.34. The number of amides is 1. The molecule has 0 saturated carbocycles. The first-order chi connectivity index (χ1) is 10.0. The molecule has 0 saturated heterocycles. The van der Waals surface area contributed by atoms with Crippen LogP contribution in [-0.2, 0) is 11.2 Å².